The lowest BCUT2D eigenvalue weighted by Gasteiger charge is -2.07. The molecule has 1 rings (SSSR count). The average Bonchev–Trinajstić information content (AvgIpc) is 2.61. The predicted octanol–water partition coefficient (Wildman–Crippen LogP) is 6.73. The molecule has 1 N–H and O–H groups in total. The van der Waals surface area contributed by atoms with Crippen LogP contribution in [0.4, 0.5) is 0 Å². The third-order valence-electron chi connectivity index (χ3n) is 4.54. The number of nitriles is 1. The highest BCUT2D eigenvalue weighted by Crippen LogP contribution is 2.21. The zero-order valence-corrected chi connectivity index (χ0v) is 15.9. The van der Waals surface area contributed by atoms with Gasteiger partial charge in [0.1, 0.15) is 11.5 Å². The van der Waals surface area contributed by atoms with E-state index in [1.54, 1.807) is 12.1 Å². The molecule has 0 aliphatic heterocycles. The Hall–Kier alpha value is -1.69. The van der Waals surface area contributed by atoms with E-state index in [-0.39, 0.29) is 5.75 Å². The third kappa shape index (κ3) is 11.5. The van der Waals surface area contributed by atoms with Crippen LogP contribution in [0.2, 0.25) is 0 Å². The standard InChI is InChI=1S/C22H35NO2/c1-2-3-4-5-6-7-8-9-10-11-12-13-14-15-25-22-17-20(19-23)16-21(24)18-22/h16-18,24H,2-15H2,1H3. The molecule has 1 aromatic rings. The third-order valence-corrected chi connectivity index (χ3v) is 4.54. The number of phenolic OH excluding ortho intramolecular Hbond substituents is 1. The van der Waals surface area contributed by atoms with Crippen LogP contribution >= 0.6 is 0 Å². The highest BCUT2D eigenvalue weighted by molar-refractivity contribution is 5.43. The molecule has 0 saturated heterocycles. The first kappa shape index (κ1) is 21.4. The van der Waals surface area contributed by atoms with E-state index in [2.05, 4.69) is 6.92 Å². The summed E-state index contributed by atoms with van der Waals surface area (Å²) in [6.07, 6.45) is 17.3. The van der Waals surface area contributed by atoms with Gasteiger partial charge in [0.2, 0.25) is 0 Å². The van der Waals surface area contributed by atoms with Crippen LogP contribution in [0.25, 0.3) is 0 Å². The Bertz CT molecular complexity index is 493. The lowest BCUT2D eigenvalue weighted by molar-refractivity contribution is 0.302. The summed E-state index contributed by atoms with van der Waals surface area (Å²) < 4.78 is 5.62. The number of aromatic hydroxyl groups is 1. The Labute approximate surface area is 154 Å². The van der Waals surface area contributed by atoms with E-state index in [0.29, 0.717) is 17.9 Å². The molecule has 0 saturated carbocycles. The second-order valence-electron chi connectivity index (χ2n) is 6.92. The maximum Gasteiger partial charge on any atom is 0.124 e. The van der Waals surface area contributed by atoms with Gasteiger partial charge in [-0.1, -0.05) is 84.0 Å². The first-order valence-electron chi connectivity index (χ1n) is 10.1. The molecule has 0 aliphatic carbocycles. The van der Waals surface area contributed by atoms with Crippen LogP contribution < -0.4 is 4.74 Å². The van der Waals surface area contributed by atoms with Crippen LogP contribution in [-0.4, -0.2) is 11.7 Å². The van der Waals surface area contributed by atoms with Crippen LogP contribution in [0, 0.1) is 11.3 Å². The van der Waals surface area contributed by atoms with E-state index in [1.165, 1.54) is 83.1 Å². The molecule has 3 heteroatoms. The summed E-state index contributed by atoms with van der Waals surface area (Å²) in [5.74, 6) is 0.662. The number of hydrogen-bond acceptors (Lipinski definition) is 3. The minimum atomic E-state index is 0.0828. The molecule has 0 aliphatic rings. The van der Waals surface area contributed by atoms with Crippen molar-refractivity contribution in [3.63, 3.8) is 0 Å². The summed E-state index contributed by atoms with van der Waals surface area (Å²) in [6.45, 7) is 2.91. The molecule has 0 unspecified atom stereocenters. The van der Waals surface area contributed by atoms with Crippen LogP contribution in [-0.2, 0) is 0 Å². The van der Waals surface area contributed by atoms with Crippen molar-refractivity contribution in [3.05, 3.63) is 23.8 Å². The highest BCUT2D eigenvalue weighted by Gasteiger charge is 2.01. The topological polar surface area (TPSA) is 53.2 Å². The molecule has 3 nitrogen and oxygen atoms in total. The van der Waals surface area contributed by atoms with Crippen LogP contribution in [0.15, 0.2) is 18.2 Å². The van der Waals surface area contributed by atoms with Gasteiger partial charge in [0.05, 0.1) is 18.2 Å². The number of hydrogen-bond donors (Lipinski definition) is 1. The molecule has 0 aromatic heterocycles. The largest absolute Gasteiger partial charge is 0.508 e. The zero-order valence-electron chi connectivity index (χ0n) is 15.9. The number of unbranched alkanes of at least 4 members (excludes halogenated alkanes) is 12. The van der Waals surface area contributed by atoms with Crippen molar-refractivity contribution in [2.24, 2.45) is 0 Å². The maximum atomic E-state index is 9.51. The molecule has 0 amide bonds. The fraction of sp³-hybridized carbons (Fsp3) is 0.682. The van der Waals surface area contributed by atoms with Gasteiger partial charge in [-0.15, -0.1) is 0 Å². The van der Waals surface area contributed by atoms with Gasteiger partial charge >= 0.3 is 0 Å². The van der Waals surface area contributed by atoms with Crippen LogP contribution in [0.5, 0.6) is 11.5 Å². The van der Waals surface area contributed by atoms with Gasteiger partial charge in [0.25, 0.3) is 0 Å². The monoisotopic (exact) mass is 345 g/mol. The molecule has 0 heterocycles. The van der Waals surface area contributed by atoms with Crippen molar-refractivity contribution in [3.8, 4) is 17.6 Å². The van der Waals surface area contributed by atoms with Gasteiger partial charge in [0, 0.05) is 6.07 Å². The smallest absolute Gasteiger partial charge is 0.124 e. The molecule has 0 bridgehead atoms. The lowest BCUT2D eigenvalue weighted by atomic mass is 10.0. The van der Waals surface area contributed by atoms with E-state index in [1.807, 2.05) is 6.07 Å². The normalized spacial score (nSPS) is 10.6. The summed E-state index contributed by atoms with van der Waals surface area (Å²) >= 11 is 0. The molecule has 140 valence electrons. The maximum absolute atomic E-state index is 9.51. The molecular weight excluding hydrogens is 310 g/mol. The fourth-order valence-corrected chi connectivity index (χ4v) is 3.04. The van der Waals surface area contributed by atoms with Crippen molar-refractivity contribution >= 4 is 0 Å². The highest BCUT2D eigenvalue weighted by atomic mass is 16.5. The Morgan fingerprint density at radius 2 is 1.32 bits per heavy atom. The molecule has 0 radical (unpaired) electrons. The number of benzene rings is 1. The predicted molar refractivity (Wildman–Crippen MR) is 104 cm³/mol. The first-order chi connectivity index (χ1) is 12.3. The molecule has 0 atom stereocenters. The number of ether oxygens (including phenoxy) is 1. The lowest BCUT2D eigenvalue weighted by Crippen LogP contribution is -1.97. The van der Waals surface area contributed by atoms with Crippen LogP contribution in [0.1, 0.15) is 96.0 Å². The van der Waals surface area contributed by atoms with Gasteiger partial charge in [0.15, 0.2) is 0 Å². The minimum absolute atomic E-state index is 0.0828. The van der Waals surface area contributed by atoms with Crippen molar-refractivity contribution in [2.75, 3.05) is 6.61 Å². The van der Waals surface area contributed by atoms with Gasteiger partial charge in [-0.05, 0) is 18.6 Å². The molecule has 0 fully saturated rings. The quantitative estimate of drug-likeness (QED) is 0.358. The van der Waals surface area contributed by atoms with E-state index >= 15 is 0 Å². The molecule has 0 spiro atoms. The molecule has 1 aromatic carbocycles. The van der Waals surface area contributed by atoms with E-state index < -0.39 is 0 Å². The summed E-state index contributed by atoms with van der Waals surface area (Å²) in [7, 11) is 0. The van der Waals surface area contributed by atoms with E-state index in [0.717, 1.165) is 6.42 Å². The van der Waals surface area contributed by atoms with E-state index in [4.69, 9.17) is 10.00 Å². The van der Waals surface area contributed by atoms with Gasteiger partial charge in [-0.3, -0.25) is 0 Å². The van der Waals surface area contributed by atoms with Crippen molar-refractivity contribution in [1.82, 2.24) is 0 Å². The Kier molecular flexibility index (Phi) is 12.5. The minimum Gasteiger partial charge on any atom is -0.508 e. The molecule has 25 heavy (non-hydrogen) atoms. The van der Waals surface area contributed by atoms with Crippen molar-refractivity contribution < 1.29 is 9.84 Å². The fourth-order valence-electron chi connectivity index (χ4n) is 3.04. The summed E-state index contributed by atoms with van der Waals surface area (Å²) in [6, 6.07) is 6.69. The van der Waals surface area contributed by atoms with Gasteiger partial charge in [-0.2, -0.15) is 5.26 Å². The Morgan fingerprint density at radius 3 is 1.84 bits per heavy atom. The first-order valence-corrected chi connectivity index (χ1v) is 10.1. The average molecular weight is 346 g/mol. The number of phenols is 1. The Balaban J connectivity index is 1.89. The summed E-state index contributed by atoms with van der Waals surface area (Å²) in [5.41, 5.74) is 0.431. The van der Waals surface area contributed by atoms with Crippen LogP contribution in [0.3, 0.4) is 0 Å². The number of nitrogens with zero attached hydrogens (tertiary/aromatic N) is 1. The van der Waals surface area contributed by atoms with Gasteiger partial charge < -0.3 is 9.84 Å². The van der Waals surface area contributed by atoms with Crippen molar-refractivity contribution in [1.29, 1.82) is 5.26 Å². The molecular formula is C22H35NO2. The summed E-state index contributed by atoms with van der Waals surface area (Å²) in [5, 5.41) is 18.4. The van der Waals surface area contributed by atoms with Crippen molar-refractivity contribution in [2.45, 2.75) is 90.4 Å². The number of rotatable bonds is 15. The van der Waals surface area contributed by atoms with Gasteiger partial charge in [-0.25, -0.2) is 0 Å². The summed E-state index contributed by atoms with van der Waals surface area (Å²) in [4.78, 5) is 0. The Morgan fingerprint density at radius 1 is 0.800 bits per heavy atom. The second-order valence-corrected chi connectivity index (χ2v) is 6.92. The SMILES string of the molecule is CCCCCCCCCCCCCCCOc1cc(O)cc(C#N)c1. The zero-order chi connectivity index (χ0) is 18.2. The second kappa shape index (κ2) is 14.6. The van der Waals surface area contributed by atoms with E-state index in [9.17, 15) is 5.11 Å².